The minimum absolute atomic E-state index is 0.734. The van der Waals surface area contributed by atoms with Crippen LogP contribution in [0.25, 0.3) is 0 Å². The zero-order valence-electron chi connectivity index (χ0n) is 12.8. The van der Waals surface area contributed by atoms with Crippen LogP contribution in [0.4, 0.5) is 0 Å². The monoisotopic (exact) mass is 261 g/mol. The molecule has 19 heavy (non-hydrogen) atoms. The van der Waals surface area contributed by atoms with E-state index in [4.69, 9.17) is 4.74 Å². The molecule has 0 aliphatic heterocycles. The van der Waals surface area contributed by atoms with Crippen molar-refractivity contribution in [3.63, 3.8) is 0 Å². The minimum Gasteiger partial charge on any atom is -0.496 e. The van der Waals surface area contributed by atoms with Crippen molar-refractivity contribution in [2.45, 2.75) is 52.0 Å². The fourth-order valence-electron chi connectivity index (χ4n) is 3.35. The van der Waals surface area contributed by atoms with Crippen LogP contribution in [0.1, 0.15) is 42.4 Å². The van der Waals surface area contributed by atoms with E-state index in [2.05, 4.69) is 38.3 Å². The molecule has 0 unspecified atom stereocenters. The summed E-state index contributed by atoms with van der Waals surface area (Å²) in [6.07, 6.45) is 6.47. The average molecular weight is 261 g/mol. The van der Waals surface area contributed by atoms with E-state index in [1.165, 1.54) is 48.8 Å². The van der Waals surface area contributed by atoms with Crippen LogP contribution in [0.5, 0.6) is 5.75 Å². The Bertz CT molecular complexity index is 420. The van der Waals surface area contributed by atoms with Gasteiger partial charge in [-0.3, -0.25) is 0 Å². The Morgan fingerprint density at radius 2 is 1.84 bits per heavy atom. The Hall–Kier alpha value is -1.02. The third-order valence-corrected chi connectivity index (χ3v) is 4.54. The molecule has 2 heteroatoms. The maximum absolute atomic E-state index is 5.58. The highest BCUT2D eigenvalue weighted by molar-refractivity contribution is 5.43. The molecule has 0 radical (unpaired) electrons. The van der Waals surface area contributed by atoms with Crippen molar-refractivity contribution in [1.29, 1.82) is 0 Å². The van der Waals surface area contributed by atoms with E-state index in [-0.39, 0.29) is 0 Å². The van der Waals surface area contributed by atoms with Gasteiger partial charge in [0.15, 0.2) is 0 Å². The van der Waals surface area contributed by atoms with E-state index < -0.39 is 0 Å². The maximum atomic E-state index is 5.58. The third-order valence-electron chi connectivity index (χ3n) is 4.54. The van der Waals surface area contributed by atoms with Gasteiger partial charge < -0.3 is 10.1 Å². The summed E-state index contributed by atoms with van der Waals surface area (Å²) in [7, 11) is 3.87. The fourth-order valence-corrected chi connectivity index (χ4v) is 3.35. The van der Waals surface area contributed by atoms with E-state index >= 15 is 0 Å². The molecule has 0 amide bonds. The van der Waals surface area contributed by atoms with Gasteiger partial charge in [0.25, 0.3) is 0 Å². The first-order chi connectivity index (χ1) is 9.13. The van der Waals surface area contributed by atoms with Crippen molar-refractivity contribution < 1.29 is 4.74 Å². The maximum Gasteiger partial charge on any atom is 0.122 e. The molecule has 0 atom stereocenters. The molecule has 106 valence electrons. The Labute approximate surface area is 117 Å². The second-order valence-corrected chi connectivity index (χ2v) is 5.97. The zero-order valence-corrected chi connectivity index (χ0v) is 12.8. The van der Waals surface area contributed by atoms with Crippen LogP contribution < -0.4 is 10.1 Å². The van der Waals surface area contributed by atoms with Crippen LogP contribution in [0.15, 0.2) is 12.1 Å². The fraction of sp³-hybridized carbons (Fsp3) is 0.647. The summed E-state index contributed by atoms with van der Waals surface area (Å²) >= 11 is 0. The predicted octanol–water partition coefficient (Wildman–Crippen LogP) is 3.63. The van der Waals surface area contributed by atoms with E-state index in [1.54, 1.807) is 7.11 Å². The van der Waals surface area contributed by atoms with Gasteiger partial charge in [-0.15, -0.1) is 0 Å². The van der Waals surface area contributed by atoms with E-state index in [1.807, 2.05) is 0 Å². The molecule has 0 saturated heterocycles. The first-order valence-corrected chi connectivity index (χ1v) is 7.45. The minimum atomic E-state index is 0.734. The van der Waals surface area contributed by atoms with Crippen molar-refractivity contribution in [2.75, 3.05) is 14.2 Å². The van der Waals surface area contributed by atoms with Gasteiger partial charge in [0.05, 0.1) is 7.11 Å². The number of methoxy groups -OCH3 is 1. The molecule has 0 bridgehead atoms. The molecule has 1 aromatic carbocycles. The summed E-state index contributed by atoms with van der Waals surface area (Å²) in [6, 6.07) is 5.18. The highest BCUT2D eigenvalue weighted by atomic mass is 16.5. The lowest BCUT2D eigenvalue weighted by Gasteiger charge is -2.29. The lowest BCUT2D eigenvalue weighted by Crippen LogP contribution is -2.30. The van der Waals surface area contributed by atoms with Crippen LogP contribution in [0, 0.1) is 19.8 Å². The van der Waals surface area contributed by atoms with E-state index in [0.29, 0.717) is 0 Å². The van der Waals surface area contributed by atoms with E-state index in [0.717, 1.165) is 17.7 Å². The van der Waals surface area contributed by atoms with Gasteiger partial charge in [-0.05, 0) is 81.7 Å². The summed E-state index contributed by atoms with van der Waals surface area (Å²) in [5, 5.41) is 3.41. The molecule has 1 N–H and O–H groups in total. The second kappa shape index (κ2) is 6.42. The molecule has 1 saturated carbocycles. The summed E-state index contributed by atoms with van der Waals surface area (Å²) < 4.78 is 5.58. The van der Waals surface area contributed by atoms with Gasteiger partial charge >= 0.3 is 0 Å². The second-order valence-electron chi connectivity index (χ2n) is 5.97. The van der Waals surface area contributed by atoms with Crippen molar-refractivity contribution in [2.24, 2.45) is 5.92 Å². The van der Waals surface area contributed by atoms with Crippen molar-refractivity contribution >= 4 is 0 Å². The summed E-state index contributed by atoms with van der Waals surface area (Å²) in [5.41, 5.74) is 4.09. The third kappa shape index (κ3) is 3.50. The number of benzene rings is 1. The Kier molecular flexibility index (Phi) is 4.87. The largest absolute Gasteiger partial charge is 0.496 e. The normalized spacial score (nSPS) is 23.4. The van der Waals surface area contributed by atoms with Crippen LogP contribution in [-0.4, -0.2) is 20.2 Å². The standard InChI is InChI=1S/C17H27NO/c1-12-9-13(2)16(17(10-12)19-4)11-14-5-7-15(18-3)8-6-14/h9-10,14-15,18H,5-8,11H2,1-4H3. The van der Waals surface area contributed by atoms with Crippen molar-refractivity contribution in [3.8, 4) is 5.75 Å². The molecule has 1 aromatic rings. The molecular formula is C17H27NO. The smallest absolute Gasteiger partial charge is 0.122 e. The molecule has 1 aliphatic carbocycles. The number of rotatable bonds is 4. The SMILES string of the molecule is CNC1CCC(Cc2c(C)cc(C)cc2OC)CC1. The number of nitrogens with one attached hydrogen (secondary N) is 1. The molecule has 0 aromatic heterocycles. The Morgan fingerprint density at radius 3 is 2.42 bits per heavy atom. The van der Waals surface area contributed by atoms with E-state index in [9.17, 15) is 0 Å². The Morgan fingerprint density at radius 1 is 1.16 bits per heavy atom. The molecular weight excluding hydrogens is 234 g/mol. The molecule has 1 fully saturated rings. The predicted molar refractivity (Wildman–Crippen MR) is 81.0 cm³/mol. The van der Waals surface area contributed by atoms with Crippen LogP contribution >= 0.6 is 0 Å². The summed E-state index contributed by atoms with van der Waals surface area (Å²) in [6.45, 7) is 4.35. The van der Waals surface area contributed by atoms with Gasteiger partial charge in [0, 0.05) is 6.04 Å². The molecule has 2 rings (SSSR count). The Balaban J connectivity index is 2.07. The number of aryl methyl sites for hydroxylation is 2. The molecule has 2 nitrogen and oxygen atoms in total. The topological polar surface area (TPSA) is 21.3 Å². The van der Waals surface area contributed by atoms with Crippen LogP contribution in [0.3, 0.4) is 0 Å². The zero-order chi connectivity index (χ0) is 13.8. The van der Waals surface area contributed by atoms with Crippen molar-refractivity contribution in [3.05, 3.63) is 28.8 Å². The number of hydrogen-bond acceptors (Lipinski definition) is 2. The first-order valence-electron chi connectivity index (χ1n) is 7.45. The van der Waals surface area contributed by atoms with Crippen molar-refractivity contribution in [1.82, 2.24) is 5.32 Å². The quantitative estimate of drug-likeness (QED) is 0.893. The molecule has 0 heterocycles. The number of ether oxygens (including phenoxy) is 1. The van der Waals surface area contributed by atoms with Gasteiger partial charge in [-0.1, -0.05) is 6.07 Å². The van der Waals surface area contributed by atoms with Gasteiger partial charge in [-0.25, -0.2) is 0 Å². The lowest BCUT2D eigenvalue weighted by molar-refractivity contribution is 0.297. The lowest BCUT2D eigenvalue weighted by atomic mass is 9.81. The first kappa shape index (κ1) is 14.4. The molecule has 1 aliphatic rings. The van der Waals surface area contributed by atoms with Gasteiger partial charge in [-0.2, -0.15) is 0 Å². The van der Waals surface area contributed by atoms with Crippen LogP contribution in [0.2, 0.25) is 0 Å². The summed E-state index contributed by atoms with van der Waals surface area (Å²) in [5.74, 6) is 1.90. The summed E-state index contributed by atoms with van der Waals surface area (Å²) in [4.78, 5) is 0. The van der Waals surface area contributed by atoms with Gasteiger partial charge in [0.2, 0.25) is 0 Å². The highest BCUT2D eigenvalue weighted by Gasteiger charge is 2.22. The van der Waals surface area contributed by atoms with Gasteiger partial charge in [0.1, 0.15) is 5.75 Å². The molecule has 0 spiro atoms. The number of hydrogen-bond donors (Lipinski definition) is 1. The highest BCUT2D eigenvalue weighted by Crippen LogP contribution is 2.32. The van der Waals surface area contributed by atoms with Crippen LogP contribution in [-0.2, 0) is 6.42 Å². The average Bonchev–Trinajstić information content (AvgIpc) is 2.42.